The SMILES string of the molecule is CCCCCCc1c(C)[nH]c(=O)c(S(=O)(=O)CC)c1C. The van der Waals surface area contributed by atoms with Gasteiger partial charge in [-0.25, -0.2) is 8.42 Å². The van der Waals surface area contributed by atoms with Gasteiger partial charge in [-0.1, -0.05) is 33.1 Å². The van der Waals surface area contributed by atoms with Crippen LogP contribution in [0.3, 0.4) is 0 Å². The molecule has 1 heterocycles. The summed E-state index contributed by atoms with van der Waals surface area (Å²) in [6.07, 6.45) is 5.32. The topological polar surface area (TPSA) is 67.0 Å². The summed E-state index contributed by atoms with van der Waals surface area (Å²) in [5.74, 6) is -0.0464. The molecule has 0 amide bonds. The minimum atomic E-state index is -3.48. The van der Waals surface area contributed by atoms with Crippen molar-refractivity contribution in [2.45, 2.75) is 64.7 Å². The molecule has 0 aliphatic rings. The Balaban J connectivity index is 3.20. The van der Waals surface area contributed by atoms with Gasteiger partial charge in [-0.2, -0.15) is 0 Å². The van der Waals surface area contributed by atoms with Crippen LogP contribution >= 0.6 is 0 Å². The molecule has 0 atom stereocenters. The van der Waals surface area contributed by atoms with Crippen molar-refractivity contribution in [3.05, 3.63) is 27.2 Å². The Morgan fingerprint density at radius 3 is 2.25 bits per heavy atom. The predicted molar refractivity (Wildman–Crippen MR) is 82.1 cm³/mol. The van der Waals surface area contributed by atoms with E-state index in [9.17, 15) is 13.2 Å². The second-order valence-corrected chi connectivity index (χ2v) is 7.44. The summed E-state index contributed by atoms with van der Waals surface area (Å²) < 4.78 is 24.1. The summed E-state index contributed by atoms with van der Waals surface area (Å²) in [6.45, 7) is 7.31. The third-order valence-corrected chi connectivity index (χ3v) is 5.60. The van der Waals surface area contributed by atoms with Crippen molar-refractivity contribution in [3.63, 3.8) is 0 Å². The van der Waals surface area contributed by atoms with Crippen LogP contribution in [0.5, 0.6) is 0 Å². The average Bonchev–Trinajstić information content (AvgIpc) is 2.37. The Bertz CT molecular complexity index is 615. The van der Waals surface area contributed by atoms with E-state index in [4.69, 9.17) is 0 Å². The molecule has 0 unspecified atom stereocenters. The normalized spacial score (nSPS) is 11.8. The van der Waals surface area contributed by atoms with Gasteiger partial charge in [0.05, 0.1) is 5.75 Å². The van der Waals surface area contributed by atoms with Crippen molar-refractivity contribution in [2.75, 3.05) is 5.75 Å². The summed E-state index contributed by atoms with van der Waals surface area (Å²) in [7, 11) is -3.48. The summed E-state index contributed by atoms with van der Waals surface area (Å²) in [5.41, 5.74) is 1.91. The smallest absolute Gasteiger partial charge is 0.267 e. The third-order valence-electron chi connectivity index (χ3n) is 3.72. The third kappa shape index (κ3) is 3.72. The maximum atomic E-state index is 12.1. The lowest BCUT2D eigenvalue weighted by Gasteiger charge is -2.13. The van der Waals surface area contributed by atoms with E-state index in [2.05, 4.69) is 11.9 Å². The lowest BCUT2D eigenvalue weighted by molar-refractivity contribution is 0.594. The molecule has 0 saturated heterocycles. The van der Waals surface area contributed by atoms with Crippen LogP contribution in [0.1, 0.15) is 56.4 Å². The first-order chi connectivity index (χ1) is 9.35. The van der Waals surface area contributed by atoms with E-state index < -0.39 is 15.4 Å². The summed E-state index contributed by atoms with van der Waals surface area (Å²) in [4.78, 5) is 14.6. The molecule has 20 heavy (non-hydrogen) atoms. The molecule has 0 spiro atoms. The van der Waals surface area contributed by atoms with Crippen LogP contribution in [0, 0.1) is 13.8 Å². The van der Waals surface area contributed by atoms with E-state index in [1.807, 2.05) is 6.92 Å². The van der Waals surface area contributed by atoms with Gasteiger partial charge in [0.15, 0.2) is 9.84 Å². The van der Waals surface area contributed by atoms with Gasteiger partial charge < -0.3 is 4.98 Å². The van der Waals surface area contributed by atoms with E-state index >= 15 is 0 Å². The van der Waals surface area contributed by atoms with E-state index in [1.54, 1.807) is 13.8 Å². The first-order valence-electron chi connectivity index (χ1n) is 7.30. The minimum Gasteiger partial charge on any atom is -0.325 e. The molecule has 0 bridgehead atoms. The number of rotatable bonds is 7. The first kappa shape index (κ1) is 17.0. The highest BCUT2D eigenvalue weighted by Crippen LogP contribution is 2.20. The Morgan fingerprint density at radius 2 is 1.70 bits per heavy atom. The van der Waals surface area contributed by atoms with E-state index in [0.717, 1.165) is 30.5 Å². The second-order valence-electron chi connectivity index (χ2n) is 5.23. The number of hydrogen-bond acceptors (Lipinski definition) is 3. The Morgan fingerprint density at radius 1 is 1.05 bits per heavy atom. The summed E-state index contributed by atoms with van der Waals surface area (Å²) in [5, 5.41) is 0. The van der Waals surface area contributed by atoms with Gasteiger partial charge in [-0.15, -0.1) is 0 Å². The highest BCUT2D eigenvalue weighted by molar-refractivity contribution is 7.91. The fourth-order valence-corrected chi connectivity index (χ4v) is 3.73. The van der Waals surface area contributed by atoms with Crippen molar-refractivity contribution in [2.24, 2.45) is 0 Å². The zero-order chi connectivity index (χ0) is 15.3. The van der Waals surface area contributed by atoms with Crippen LogP contribution in [0.4, 0.5) is 0 Å². The Labute approximate surface area is 121 Å². The lowest BCUT2D eigenvalue weighted by atomic mass is 10.0. The Hall–Kier alpha value is -1.10. The minimum absolute atomic E-state index is 0.0453. The predicted octanol–water partition coefficient (Wildman–Crippen LogP) is 2.91. The number of aryl methyl sites for hydroxylation is 1. The standard InChI is InChI=1S/C15H25NO3S/c1-5-7-8-9-10-13-11(3)14(20(18,19)6-2)15(17)16-12(13)4/h5-10H2,1-4H3,(H,16,17). The van der Waals surface area contributed by atoms with Gasteiger partial charge in [0.1, 0.15) is 4.90 Å². The molecule has 114 valence electrons. The van der Waals surface area contributed by atoms with Crippen molar-refractivity contribution < 1.29 is 8.42 Å². The van der Waals surface area contributed by atoms with Crippen molar-refractivity contribution in [1.82, 2.24) is 4.98 Å². The zero-order valence-electron chi connectivity index (χ0n) is 12.9. The molecule has 1 N–H and O–H groups in total. The van der Waals surface area contributed by atoms with E-state index in [1.165, 1.54) is 12.8 Å². The van der Waals surface area contributed by atoms with Crippen LogP contribution in [0.25, 0.3) is 0 Å². The van der Waals surface area contributed by atoms with Crippen LogP contribution in [-0.2, 0) is 16.3 Å². The van der Waals surface area contributed by atoms with Crippen LogP contribution in [-0.4, -0.2) is 19.2 Å². The molecule has 1 rings (SSSR count). The van der Waals surface area contributed by atoms with Crippen LogP contribution in [0.2, 0.25) is 0 Å². The molecule has 5 heteroatoms. The summed E-state index contributed by atoms with van der Waals surface area (Å²) >= 11 is 0. The Kier molecular flexibility index (Phi) is 5.99. The maximum Gasteiger partial charge on any atom is 0.267 e. The molecule has 4 nitrogen and oxygen atoms in total. The molecule has 0 radical (unpaired) electrons. The number of unbranched alkanes of at least 4 members (excludes halogenated alkanes) is 3. The number of pyridine rings is 1. The highest BCUT2D eigenvalue weighted by atomic mass is 32.2. The second kappa shape index (κ2) is 7.07. The number of nitrogens with one attached hydrogen (secondary N) is 1. The number of sulfone groups is 1. The molecule has 1 aromatic rings. The van der Waals surface area contributed by atoms with Crippen molar-refractivity contribution in [1.29, 1.82) is 0 Å². The largest absolute Gasteiger partial charge is 0.325 e. The van der Waals surface area contributed by atoms with E-state index in [0.29, 0.717) is 5.56 Å². The van der Waals surface area contributed by atoms with Gasteiger partial charge in [-0.3, -0.25) is 4.79 Å². The number of aromatic amines is 1. The molecular formula is C15H25NO3S. The number of H-pyrrole nitrogens is 1. The van der Waals surface area contributed by atoms with Crippen molar-refractivity contribution in [3.8, 4) is 0 Å². The molecule has 1 aromatic heterocycles. The monoisotopic (exact) mass is 299 g/mol. The number of hydrogen-bond donors (Lipinski definition) is 1. The maximum absolute atomic E-state index is 12.1. The van der Waals surface area contributed by atoms with Crippen molar-refractivity contribution >= 4 is 9.84 Å². The molecule has 0 aliphatic heterocycles. The summed E-state index contributed by atoms with van der Waals surface area (Å²) in [6, 6.07) is 0. The first-order valence-corrected chi connectivity index (χ1v) is 8.95. The fraction of sp³-hybridized carbons (Fsp3) is 0.667. The quantitative estimate of drug-likeness (QED) is 0.787. The molecule has 0 saturated carbocycles. The average molecular weight is 299 g/mol. The van der Waals surface area contributed by atoms with Gasteiger partial charge >= 0.3 is 0 Å². The molecule has 0 aromatic carbocycles. The fourth-order valence-electron chi connectivity index (χ4n) is 2.51. The van der Waals surface area contributed by atoms with Crippen LogP contribution < -0.4 is 5.56 Å². The number of aromatic nitrogens is 1. The molecular weight excluding hydrogens is 274 g/mol. The van der Waals surface area contributed by atoms with Crippen LogP contribution in [0.15, 0.2) is 9.69 Å². The zero-order valence-corrected chi connectivity index (χ0v) is 13.7. The van der Waals surface area contributed by atoms with Gasteiger partial charge in [0, 0.05) is 5.69 Å². The lowest BCUT2D eigenvalue weighted by Crippen LogP contribution is -2.23. The van der Waals surface area contributed by atoms with Gasteiger partial charge in [0.25, 0.3) is 5.56 Å². The van der Waals surface area contributed by atoms with E-state index in [-0.39, 0.29) is 10.6 Å². The molecule has 0 aliphatic carbocycles. The van der Waals surface area contributed by atoms with Gasteiger partial charge in [-0.05, 0) is 37.8 Å². The van der Waals surface area contributed by atoms with Gasteiger partial charge in [0.2, 0.25) is 0 Å². The highest BCUT2D eigenvalue weighted by Gasteiger charge is 2.22. The molecule has 0 fully saturated rings.